The summed E-state index contributed by atoms with van der Waals surface area (Å²) in [5.74, 6) is 0.137. The fourth-order valence-electron chi connectivity index (χ4n) is 3.09. The van der Waals surface area contributed by atoms with E-state index in [1.54, 1.807) is 0 Å². The van der Waals surface area contributed by atoms with Gasteiger partial charge in [0.2, 0.25) is 0 Å². The maximum absolute atomic E-state index is 12.2. The molecule has 3 heteroatoms. The molecule has 2 aromatic carbocycles. The number of hydrogen-bond acceptors (Lipinski definition) is 1. The van der Waals surface area contributed by atoms with Crippen LogP contribution in [0.2, 0.25) is 0 Å². The summed E-state index contributed by atoms with van der Waals surface area (Å²) in [7, 11) is 0. The summed E-state index contributed by atoms with van der Waals surface area (Å²) in [5.41, 5.74) is 5.24. The molecule has 3 rings (SSSR count). The number of benzene rings is 2. The smallest absolute Gasteiger partial charge is 0.275 e. The van der Waals surface area contributed by atoms with Crippen molar-refractivity contribution in [1.29, 1.82) is 0 Å². The second-order valence-electron chi connectivity index (χ2n) is 6.08. The van der Waals surface area contributed by atoms with E-state index in [0.29, 0.717) is 13.1 Å². The summed E-state index contributed by atoms with van der Waals surface area (Å²) in [5, 5.41) is 3.05. The van der Waals surface area contributed by atoms with Gasteiger partial charge >= 0.3 is 0 Å². The fraction of sp³-hybridized carbons (Fsp3) is 0.316. The Morgan fingerprint density at radius 3 is 2.64 bits per heavy atom. The van der Waals surface area contributed by atoms with Crippen molar-refractivity contribution >= 4 is 5.91 Å². The molecule has 0 aromatic heterocycles. The quantitative estimate of drug-likeness (QED) is 0.874. The van der Waals surface area contributed by atoms with Gasteiger partial charge in [0.25, 0.3) is 5.91 Å². The van der Waals surface area contributed by atoms with Crippen LogP contribution in [0.25, 0.3) is 0 Å². The first kappa shape index (κ1) is 14.8. The van der Waals surface area contributed by atoms with Gasteiger partial charge < -0.3 is 10.2 Å². The van der Waals surface area contributed by atoms with Gasteiger partial charge in [0.1, 0.15) is 6.54 Å². The SMILES string of the molecule is Cc1ccccc1CNC(=O)C[NH+]1CCc2ccccc2C1. The highest BCUT2D eigenvalue weighted by Gasteiger charge is 2.21. The summed E-state index contributed by atoms with van der Waals surface area (Å²) in [6, 6.07) is 16.7. The van der Waals surface area contributed by atoms with Crippen molar-refractivity contribution < 1.29 is 9.69 Å². The van der Waals surface area contributed by atoms with E-state index < -0.39 is 0 Å². The molecule has 1 atom stereocenters. The van der Waals surface area contributed by atoms with Crippen molar-refractivity contribution in [3.8, 4) is 0 Å². The minimum absolute atomic E-state index is 0.137. The van der Waals surface area contributed by atoms with Gasteiger partial charge in [-0.15, -0.1) is 0 Å². The van der Waals surface area contributed by atoms with Gasteiger partial charge in [-0.25, -0.2) is 0 Å². The standard InChI is InChI=1S/C19H22N2O/c1-15-6-2-3-8-17(15)12-20-19(22)14-21-11-10-16-7-4-5-9-18(16)13-21/h2-9H,10-14H2,1H3,(H,20,22)/p+1. The number of rotatable bonds is 4. The lowest BCUT2D eigenvalue weighted by Gasteiger charge is -2.25. The number of aryl methyl sites for hydroxylation is 1. The highest BCUT2D eigenvalue weighted by molar-refractivity contribution is 5.76. The first-order valence-corrected chi connectivity index (χ1v) is 7.94. The van der Waals surface area contributed by atoms with E-state index in [1.165, 1.54) is 27.2 Å². The molecule has 1 aliphatic rings. The number of carbonyl (C=O) groups is 1. The van der Waals surface area contributed by atoms with Crippen molar-refractivity contribution in [2.24, 2.45) is 0 Å². The third-order valence-electron chi connectivity index (χ3n) is 4.45. The minimum atomic E-state index is 0.137. The Morgan fingerprint density at radius 2 is 1.82 bits per heavy atom. The molecule has 22 heavy (non-hydrogen) atoms. The van der Waals surface area contributed by atoms with Crippen LogP contribution in [0.3, 0.4) is 0 Å². The molecule has 2 N–H and O–H groups in total. The van der Waals surface area contributed by atoms with Gasteiger partial charge in [-0.1, -0.05) is 48.5 Å². The van der Waals surface area contributed by atoms with E-state index in [4.69, 9.17) is 0 Å². The zero-order chi connectivity index (χ0) is 15.4. The molecular formula is C19H23N2O+. The zero-order valence-electron chi connectivity index (χ0n) is 13.1. The molecule has 0 saturated carbocycles. The van der Waals surface area contributed by atoms with E-state index in [-0.39, 0.29) is 5.91 Å². The second-order valence-corrected chi connectivity index (χ2v) is 6.08. The molecule has 1 aliphatic heterocycles. The Hall–Kier alpha value is -2.13. The molecule has 2 aromatic rings. The monoisotopic (exact) mass is 295 g/mol. The van der Waals surface area contributed by atoms with Gasteiger partial charge in [-0.3, -0.25) is 4.79 Å². The number of fused-ring (bicyclic) bond motifs is 1. The normalized spacial score (nSPS) is 16.9. The summed E-state index contributed by atoms with van der Waals surface area (Å²) in [6.07, 6.45) is 1.07. The molecule has 0 aliphatic carbocycles. The first-order chi connectivity index (χ1) is 10.7. The van der Waals surface area contributed by atoms with Crippen LogP contribution in [0.5, 0.6) is 0 Å². The van der Waals surface area contributed by atoms with Crippen LogP contribution in [-0.4, -0.2) is 19.0 Å². The fourth-order valence-corrected chi connectivity index (χ4v) is 3.09. The Labute approximate surface area is 132 Å². The molecule has 3 nitrogen and oxygen atoms in total. The van der Waals surface area contributed by atoms with E-state index >= 15 is 0 Å². The number of amides is 1. The van der Waals surface area contributed by atoms with Crippen molar-refractivity contribution in [3.63, 3.8) is 0 Å². The van der Waals surface area contributed by atoms with Gasteiger partial charge in [0.15, 0.2) is 6.54 Å². The van der Waals surface area contributed by atoms with Crippen LogP contribution in [-0.2, 0) is 24.3 Å². The first-order valence-electron chi connectivity index (χ1n) is 7.94. The summed E-state index contributed by atoms with van der Waals surface area (Å²) >= 11 is 0. The van der Waals surface area contributed by atoms with Crippen molar-refractivity contribution in [3.05, 3.63) is 70.8 Å². The maximum Gasteiger partial charge on any atom is 0.275 e. The predicted octanol–water partition coefficient (Wildman–Crippen LogP) is 1.25. The molecule has 1 amide bonds. The van der Waals surface area contributed by atoms with Crippen LogP contribution >= 0.6 is 0 Å². The molecule has 1 heterocycles. The zero-order valence-corrected chi connectivity index (χ0v) is 13.1. The van der Waals surface area contributed by atoms with Crippen LogP contribution in [0.4, 0.5) is 0 Å². The summed E-state index contributed by atoms with van der Waals surface area (Å²) < 4.78 is 0. The van der Waals surface area contributed by atoms with Gasteiger partial charge in [-0.05, 0) is 23.6 Å². The third-order valence-corrected chi connectivity index (χ3v) is 4.45. The van der Waals surface area contributed by atoms with Gasteiger partial charge in [0, 0.05) is 18.5 Å². The number of hydrogen-bond donors (Lipinski definition) is 2. The van der Waals surface area contributed by atoms with Gasteiger partial charge in [0.05, 0.1) is 6.54 Å². The third kappa shape index (κ3) is 3.55. The van der Waals surface area contributed by atoms with Crippen LogP contribution in [0.1, 0.15) is 22.3 Å². The number of nitrogens with one attached hydrogen (secondary N) is 2. The molecular weight excluding hydrogens is 272 g/mol. The predicted molar refractivity (Wildman–Crippen MR) is 87.6 cm³/mol. The lowest BCUT2D eigenvalue weighted by atomic mass is 10.00. The van der Waals surface area contributed by atoms with Crippen molar-refractivity contribution in [2.45, 2.75) is 26.4 Å². The average Bonchev–Trinajstić information content (AvgIpc) is 2.54. The number of quaternary nitrogens is 1. The highest BCUT2D eigenvalue weighted by atomic mass is 16.2. The Morgan fingerprint density at radius 1 is 1.09 bits per heavy atom. The Balaban J connectivity index is 1.52. The summed E-state index contributed by atoms with van der Waals surface area (Å²) in [4.78, 5) is 13.5. The van der Waals surface area contributed by atoms with Crippen LogP contribution in [0, 0.1) is 6.92 Å². The van der Waals surface area contributed by atoms with Crippen molar-refractivity contribution in [2.75, 3.05) is 13.1 Å². The average molecular weight is 295 g/mol. The topological polar surface area (TPSA) is 33.5 Å². The lowest BCUT2D eigenvalue weighted by molar-refractivity contribution is -0.908. The van der Waals surface area contributed by atoms with E-state index in [0.717, 1.165) is 19.5 Å². The van der Waals surface area contributed by atoms with Crippen LogP contribution < -0.4 is 10.2 Å². The van der Waals surface area contributed by atoms with E-state index in [2.05, 4.69) is 48.6 Å². The highest BCUT2D eigenvalue weighted by Crippen LogP contribution is 2.10. The maximum atomic E-state index is 12.2. The molecule has 114 valence electrons. The largest absolute Gasteiger partial charge is 0.347 e. The van der Waals surface area contributed by atoms with E-state index in [1.807, 2.05) is 12.1 Å². The Bertz CT molecular complexity index is 666. The minimum Gasteiger partial charge on any atom is -0.347 e. The van der Waals surface area contributed by atoms with Crippen LogP contribution in [0.15, 0.2) is 48.5 Å². The number of carbonyl (C=O) groups excluding carboxylic acids is 1. The molecule has 0 spiro atoms. The molecule has 0 fully saturated rings. The molecule has 1 unspecified atom stereocenters. The van der Waals surface area contributed by atoms with Crippen molar-refractivity contribution in [1.82, 2.24) is 5.32 Å². The second kappa shape index (κ2) is 6.75. The molecule has 0 saturated heterocycles. The van der Waals surface area contributed by atoms with Gasteiger partial charge in [-0.2, -0.15) is 0 Å². The Kier molecular flexibility index (Phi) is 4.54. The summed E-state index contributed by atoms with van der Waals surface area (Å²) in [6.45, 7) is 5.24. The molecule has 0 radical (unpaired) electrons. The lowest BCUT2D eigenvalue weighted by Crippen LogP contribution is -3.12. The van der Waals surface area contributed by atoms with E-state index in [9.17, 15) is 4.79 Å². The molecule has 0 bridgehead atoms.